The molecule has 1 unspecified atom stereocenters. The maximum absolute atomic E-state index is 12.8. The Morgan fingerprint density at radius 3 is 2.77 bits per heavy atom. The first kappa shape index (κ1) is 14.8. The van der Waals surface area contributed by atoms with E-state index < -0.39 is 6.04 Å². The lowest BCUT2D eigenvalue weighted by Gasteiger charge is -2.31. The van der Waals surface area contributed by atoms with Crippen LogP contribution in [0.1, 0.15) is 23.1 Å². The fraction of sp³-hybridized carbons (Fsp3) is 0.316. The van der Waals surface area contributed by atoms with Crippen LogP contribution in [-0.2, 0) is 17.6 Å². The molecule has 22 heavy (non-hydrogen) atoms. The SMILES string of the molecule is Cc1ccc2c(c1)CCCN2C(=O)C(N)Cc1ccccc1. The number of aryl methyl sites for hydroxylation is 2. The molecular formula is C19H22N2O. The van der Waals surface area contributed by atoms with Gasteiger partial charge in [0.15, 0.2) is 0 Å². The van der Waals surface area contributed by atoms with Gasteiger partial charge in [-0.1, -0.05) is 48.0 Å². The topological polar surface area (TPSA) is 46.3 Å². The van der Waals surface area contributed by atoms with Crippen LogP contribution >= 0.6 is 0 Å². The van der Waals surface area contributed by atoms with Gasteiger partial charge in [0.1, 0.15) is 0 Å². The first-order valence-electron chi connectivity index (χ1n) is 7.85. The molecule has 2 aromatic rings. The number of rotatable bonds is 3. The Morgan fingerprint density at radius 1 is 1.23 bits per heavy atom. The fourth-order valence-corrected chi connectivity index (χ4v) is 3.11. The normalized spacial score (nSPS) is 15.3. The van der Waals surface area contributed by atoms with Crippen molar-refractivity contribution in [3.05, 3.63) is 65.2 Å². The average molecular weight is 294 g/mol. The van der Waals surface area contributed by atoms with E-state index >= 15 is 0 Å². The lowest BCUT2D eigenvalue weighted by molar-refractivity contribution is -0.119. The molecule has 3 rings (SSSR count). The van der Waals surface area contributed by atoms with Gasteiger partial charge in [0.05, 0.1) is 6.04 Å². The van der Waals surface area contributed by atoms with Crippen molar-refractivity contribution >= 4 is 11.6 Å². The van der Waals surface area contributed by atoms with Crippen LogP contribution in [0.25, 0.3) is 0 Å². The number of carbonyl (C=O) groups is 1. The van der Waals surface area contributed by atoms with E-state index in [-0.39, 0.29) is 5.91 Å². The quantitative estimate of drug-likeness (QED) is 0.946. The Hall–Kier alpha value is -2.13. The summed E-state index contributed by atoms with van der Waals surface area (Å²) >= 11 is 0. The molecule has 3 nitrogen and oxygen atoms in total. The van der Waals surface area contributed by atoms with Gasteiger partial charge in [-0.15, -0.1) is 0 Å². The second-order valence-corrected chi connectivity index (χ2v) is 6.02. The van der Waals surface area contributed by atoms with Crippen LogP contribution < -0.4 is 10.6 Å². The zero-order valence-electron chi connectivity index (χ0n) is 13.0. The summed E-state index contributed by atoms with van der Waals surface area (Å²) in [7, 11) is 0. The Labute approximate surface area is 131 Å². The van der Waals surface area contributed by atoms with Crippen molar-refractivity contribution in [3.63, 3.8) is 0 Å². The highest BCUT2D eigenvalue weighted by Gasteiger charge is 2.26. The molecular weight excluding hydrogens is 272 g/mol. The van der Waals surface area contributed by atoms with E-state index in [4.69, 9.17) is 5.73 Å². The van der Waals surface area contributed by atoms with Gasteiger partial charge in [-0.2, -0.15) is 0 Å². The van der Waals surface area contributed by atoms with Gasteiger partial charge in [-0.05, 0) is 43.4 Å². The van der Waals surface area contributed by atoms with Crippen LogP contribution in [0.2, 0.25) is 0 Å². The second-order valence-electron chi connectivity index (χ2n) is 6.02. The van der Waals surface area contributed by atoms with Crippen LogP contribution in [0.15, 0.2) is 48.5 Å². The van der Waals surface area contributed by atoms with Crippen LogP contribution in [0.5, 0.6) is 0 Å². The molecule has 0 spiro atoms. The molecule has 3 heteroatoms. The summed E-state index contributed by atoms with van der Waals surface area (Å²) in [6.07, 6.45) is 2.62. The third-order valence-corrected chi connectivity index (χ3v) is 4.24. The first-order valence-corrected chi connectivity index (χ1v) is 7.85. The highest BCUT2D eigenvalue weighted by molar-refractivity contribution is 5.98. The Bertz CT molecular complexity index is 666. The fourth-order valence-electron chi connectivity index (χ4n) is 3.11. The number of nitrogens with two attached hydrogens (primary N) is 1. The molecule has 1 heterocycles. The largest absolute Gasteiger partial charge is 0.320 e. The number of benzene rings is 2. The molecule has 1 atom stereocenters. The van der Waals surface area contributed by atoms with E-state index in [0.29, 0.717) is 6.42 Å². The molecule has 0 bridgehead atoms. The standard InChI is InChI=1S/C19H22N2O/c1-14-9-10-18-16(12-14)8-5-11-21(18)19(22)17(20)13-15-6-3-2-4-7-15/h2-4,6-7,9-10,12,17H,5,8,11,13,20H2,1H3. The molecule has 0 aliphatic carbocycles. The van der Waals surface area contributed by atoms with Crippen LogP contribution in [-0.4, -0.2) is 18.5 Å². The summed E-state index contributed by atoms with van der Waals surface area (Å²) in [5.41, 5.74) is 10.8. The average Bonchev–Trinajstić information content (AvgIpc) is 2.54. The zero-order chi connectivity index (χ0) is 15.5. The van der Waals surface area contributed by atoms with Gasteiger partial charge < -0.3 is 10.6 Å². The minimum absolute atomic E-state index is 0.0219. The van der Waals surface area contributed by atoms with E-state index in [2.05, 4.69) is 25.1 Å². The molecule has 0 fully saturated rings. The van der Waals surface area contributed by atoms with Gasteiger partial charge in [0, 0.05) is 12.2 Å². The number of amides is 1. The van der Waals surface area contributed by atoms with E-state index in [9.17, 15) is 4.79 Å². The summed E-state index contributed by atoms with van der Waals surface area (Å²) in [6, 6.07) is 15.8. The van der Waals surface area contributed by atoms with Crippen LogP contribution in [0, 0.1) is 6.92 Å². The van der Waals surface area contributed by atoms with Crippen molar-refractivity contribution in [1.82, 2.24) is 0 Å². The lowest BCUT2D eigenvalue weighted by Crippen LogP contribution is -2.47. The third-order valence-electron chi connectivity index (χ3n) is 4.24. The van der Waals surface area contributed by atoms with Gasteiger partial charge in [-0.25, -0.2) is 0 Å². The number of hydrogen-bond donors (Lipinski definition) is 1. The van der Waals surface area contributed by atoms with Gasteiger partial charge >= 0.3 is 0 Å². The zero-order valence-corrected chi connectivity index (χ0v) is 13.0. The minimum Gasteiger partial charge on any atom is -0.320 e. The molecule has 0 saturated carbocycles. The first-order chi connectivity index (χ1) is 10.6. The third kappa shape index (κ3) is 3.04. The summed E-state index contributed by atoms with van der Waals surface area (Å²) in [6.45, 7) is 2.85. The maximum Gasteiger partial charge on any atom is 0.244 e. The number of anilines is 1. The molecule has 0 saturated heterocycles. The van der Waals surface area contributed by atoms with Crippen molar-refractivity contribution in [2.45, 2.75) is 32.2 Å². The molecule has 1 amide bonds. The summed E-state index contributed by atoms with van der Waals surface area (Å²) < 4.78 is 0. The monoisotopic (exact) mass is 294 g/mol. The lowest BCUT2D eigenvalue weighted by atomic mass is 9.98. The molecule has 0 radical (unpaired) electrons. The van der Waals surface area contributed by atoms with Crippen molar-refractivity contribution in [2.24, 2.45) is 5.73 Å². The molecule has 2 N–H and O–H groups in total. The Kier molecular flexibility index (Phi) is 4.25. The van der Waals surface area contributed by atoms with Crippen molar-refractivity contribution in [1.29, 1.82) is 0 Å². The summed E-state index contributed by atoms with van der Waals surface area (Å²) in [5.74, 6) is 0.0219. The maximum atomic E-state index is 12.8. The molecule has 1 aliphatic heterocycles. The summed E-state index contributed by atoms with van der Waals surface area (Å²) in [5, 5.41) is 0. The number of carbonyl (C=O) groups excluding carboxylic acids is 1. The predicted octanol–water partition coefficient (Wildman–Crippen LogP) is 2.84. The van der Waals surface area contributed by atoms with E-state index in [0.717, 1.165) is 30.6 Å². The highest BCUT2D eigenvalue weighted by atomic mass is 16.2. The number of fused-ring (bicyclic) bond motifs is 1. The van der Waals surface area contributed by atoms with E-state index in [1.165, 1.54) is 11.1 Å². The van der Waals surface area contributed by atoms with Gasteiger partial charge in [-0.3, -0.25) is 4.79 Å². The van der Waals surface area contributed by atoms with Gasteiger partial charge in [0.25, 0.3) is 0 Å². The molecule has 114 valence electrons. The summed E-state index contributed by atoms with van der Waals surface area (Å²) in [4.78, 5) is 14.6. The smallest absolute Gasteiger partial charge is 0.244 e. The Morgan fingerprint density at radius 2 is 2.00 bits per heavy atom. The predicted molar refractivity (Wildman–Crippen MR) is 90.0 cm³/mol. The number of hydrogen-bond acceptors (Lipinski definition) is 2. The van der Waals surface area contributed by atoms with Gasteiger partial charge in [0.2, 0.25) is 5.91 Å². The molecule has 1 aliphatic rings. The van der Waals surface area contributed by atoms with E-state index in [1.807, 2.05) is 35.2 Å². The van der Waals surface area contributed by atoms with Crippen LogP contribution in [0.4, 0.5) is 5.69 Å². The van der Waals surface area contributed by atoms with Crippen molar-refractivity contribution < 1.29 is 4.79 Å². The number of nitrogens with zero attached hydrogens (tertiary/aromatic N) is 1. The van der Waals surface area contributed by atoms with Crippen molar-refractivity contribution in [3.8, 4) is 0 Å². The highest BCUT2D eigenvalue weighted by Crippen LogP contribution is 2.28. The van der Waals surface area contributed by atoms with Crippen molar-refractivity contribution in [2.75, 3.05) is 11.4 Å². The molecule has 0 aromatic heterocycles. The minimum atomic E-state index is -0.491. The molecule has 2 aromatic carbocycles. The van der Waals surface area contributed by atoms with E-state index in [1.54, 1.807) is 0 Å². The Balaban J connectivity index is 1.78. The van der Waals surface area contributed by atoms with Crippen LogP contribution in [0.3, 0.4) is 0 Å². The second kappa shape index (κ2) is 6.32.